The molecule has 1 fully saturated rings. The third-order valence-electron chi connectivity index (χ3n) is 2.95. The summed E-state index contributed by atoms with van der Waals surface area (Å²) in [6, 6.07) is 5.21. The molecule has 4 N–H and O–H groups in total. The highest BCUT2D eigenvalue weighted by atomic mass is 32.2. The summed E-state index contributed by atoms with van der Waals surface area (Å²) in [4.78, 5) is 3.30. The molecule has 1 saturated heterocycles. The molecule has 1 aromatic rings. The molecule has 0 saturated carbocycles. The molecule has 1 aliphatic heterocycles. The van der Waals surface area contributed by atoms with Crippen LogP contribution < -0.4 is 5.73 Å². The second-order valence-electron chi connectivity index (χ2n) is 4.42. The summed E-state index contributed by atoms with van der Waals surface area (Å²) in [5, 5.41) is 17.0. The number of piperazine rings is 1. The molecule has 0 radical (unpaired) electrons. The lowest BCUT2D eigenvalue weighted by atomic mass is 10.2. The second-order valence-corrected chi connectivity index (χ2v) is 5.59. The average Bonchev–Trinajstić information content (AvgIpc) is 2.34. The van der Waals surface area contributed by atoms with Crippen LogP contribution in [0.25, 0.3) is 0 Å². The van der Waals surface area contributed by atoms with E-state index >= 15 is 0 Å². The first-order valence-electron chi connectivity index (χ1n) is 5.85. The van der Waals surface area contributed by atoms with Gasteiger partial charge in [-0.1, -0.05) is 0 Å². The third kappa shape index (κ3) is 3.16. The highest BCUT2D eigenvalue weighted by Gasteiger charge is 2.15. The molecule has 2 rings (SSSR count). The summed E-state index contributed by atoms with van der Waals surface area (Å²) in [5.41, 5.74) is 5.83. The minimum absolute atomic E-state index is 0.0604. The molecule has 0 atom stereocenters. The predicted octanol–water partition coefficient (Wildman–Crippen LogP) is 0.931. The second kappa shape index (κ2) is 5.60. The molecule has 0 unspecified atom stereocenters. The number of nitrogens with two attached hydrogens (primary N) is 1. The van der Waals surface area contributed by atoms with Gasteiger partial charge >= 0.3 is 0 Å². The van der Waals surface area contributed by atoms with E-state index in [1.807, 2.05) is 6.07 Å². The average molecular weight is 266 g/mol. The first-order chi connectivity index (χ1) is 8.56. The third-order valence-corrected chi connectivity index (χ3v) is 4.04. The molecule has 18 heavy (non-hydrogen) atoms. The quantitative estimate of drug-likeness (QED) is 0.431. The normalized spacial score (nSPS) is 17.8. The maximum Gasteiger partial charge on any atom is 0.126 e. The van der Waals surface area contributed by atoms with Crippen molar-refractivity contribution in [2.75, 3.05) is 33.2 Å². The highest BCUT2D eigenvalue weighted by Crippen LogP contribution is 2.28. The van der Waals surface area contributed by atoms with E-state index in [4.69, 9.17) is 11.1 Å². The molecule has 0 spiro atoms. The zero-order valence-corrected chi connectivity index (χ0v) is 11.2. The van der Waals surface area contributed by atoms with Crippen LogP contribution in [0.4, 0.5) is 0 Å². The van der Waals surface area contributed by atoms with Crippen LogP contribution in [0.3, 0.4) is 0 Å². The predicted molar refractivity (Wildman–Crippen MR) is 74.0 cm³/mol. The number of nitrogens with zero attached hydrogens (tertiary/aromatic N) is 2. The van der Waals surface area contributed by atoms with Gasteiger partial charge < -0.3 is 15.7 Å². The molecule has 6 heteroatoms. The number of nitrogen functional groups attached to an aromatic ring is 1. The van der Waals surface area contributed by atoms with E-state index < -0.39 is 0 Å². The van der Waals surface area contributed by atoms with Crippen LogP contribution in [0, 0.1) is 5.41 Å². The summed E-state index contributed by atoms with van der Waals surface area (Å²) in [7, 11) is 2.12. The Labute approximate surface area is 111 Å². The number of rotatable bonds is 3. The fourth-order valence-corrected chi connectivity index (χ4v) is 2.76. The molecule has 0 aliphatic carbocycles. The van der Waals surface area contributed by atoms with Crippen LogP contribution in [0.2, 0.25) is 0 Å². The van der Waals surface area contributed by atoms with E-state index in [1.54, 1.807) is 24.1 Å². The monoisotopic (exact) mass is 266 g/mol. The Morgan fingerprint density at radius 1 is 1.33 bits per heavy atom. The minimum Gasteiger partial charge on any atom is -0.507 e. The lowest BCUT2D eigenvalue weighted by molar-refractivity contribution is 0.233. The summed E-state index contributed by atoms with van der Waals surface area (Å²) in [5.74, 6) is -0.0430. The number of aromatic hydroxyl groups is 1. The first-order valence-corrected chi connectivity index (χ1v) is 6.62. The Kier molecular flexibility index (Phi) is 4.11. The van der Waals surface area contributed by atoms with E-state index in [0.717, 1.165) is 31.1 Å². The highest BCUT2D eigenvalue weighted by molar-refractivity contribution is 7.97. The molecular formula is C12H18N4OS. The molecule has 1 heterocycles. The number of hydrogen-bond donors (Lipinski definition) is 3. The Morgan fingerprint density at radius 3 is 2.61 bits per heavy atom. The van der Waals surface area contributed by atoms with Crippen molar-refractivity contribution in [1.82, 2.24) is 9.21 Å². The standard InChI is InChI=1S/C12H18N4OS/c1-15-4-6-16(7-5-15)18-9-2-3-11(17)10(8-9)12(13)14/h2-3,8,17H,4-7H2,1H3,(H3,13,14). The van der Waals surface area contributed by atoms with E-state index in [0.29, 0.717) is 5.56 Å². The van der Waals surface area contributed by atoms with Crippen molar-refractivity contribution in [3.63, 3.8) is 0 Å². The fraction of sp³-hybridized carbons (Fsp3) is 0.417. The van der Waals surface area contributed by atoms with Gasteiger partial charge in [-0.2, -0.15) is 0 Å². The smallest absolute Gasteiger partial charge is 0.126 e. The van der Waals surface area contributed by atoms with Crippen molar-refractivity contribution in [3.8, 4) is 5.75 Å². The molecular weight excluding hydrogens is 248 g/mol. The molecule has 1 aromatic carbocycles. The zero-order valence-electron chi connectivity index (χ0n) is 10.4. The Balaban J connectivity index is 2.05. The summed E-state index contributed by atoms with van der Waals surface area (Å²) in [6.07, 6.45) is 0. The Bertz CT molecular complexity index is 444. The number of nitrogens with one attached hydrogen (secondary N) is 1. The van der Waals surface area contributed by atoms with Crippen molar-refractivity contribution in [2.24, 2.45) is 5.73 Å². The zero-order chi connectivity index (χ0) is 13.1. The van der Waals surface area contributed by atoms with Gasteiger partial charge in [0.25, 0.3) is 0 Å². The summed E-state index contributed by atoms with van der Waals surface area (Å²) < 4.78 is 2.29. The van der Waals surface area contributed by atoms with Gasteiger partial charge in [-0.25, -0.2) is 4.31 Å². The summed E-state index contributed by atoms with van der Waals surface area (Å²) in [6.45, 7) is 4.14. The maximum atomic E-state index is 9.60. The number of phenols is 1. The molecule has 0 amide bonds. The van der Waals surface area contributed by atoms with Gasteiger partial charge in [-0.3, -0.25) is 5.41 Å². The van der Waals surface area contributed by atoms with Crippen LogP contribution in [0.5, 0.6) is 5.75 Å². The van der Waals surface area contributed by atoms with E-state index in [2.05, 4.69) is 16.3 Å². The fourth-order valence-electron chi connectivity index (χ4n) is 1.82. The lowest BCUT2D eigenvalue weighted by Crippen LogP contribution is -2.40. The molecule has 1 aliphatic rings. The summed E-state index contributed by atoms with van der Waals surface area (Å²) >= 11 is 1.65. The van der Waals surface area contributed by atoms with E-state index in [1.165, 1.54) is 0 Å². The van der Waals surface area contributed by atoms with Crippen molar-refractivity contribution in [3.05, 3.63) is 23.8 Å². The van der Waals surface area contributed by atoms with Crippen LogP contribution >= 0.6 is 11.9 Å². The van der Waals surface area contributed by atoms with Crippen molar-refractivity contribution < 1.29 is 5.11 Å². The van der Waals surface area contributed by atoms with Crippen LogP contribution in [-0.2, 0) is 0 Å². The van der Waals surface area contributed by atoms with Crippen molar-refractivity contribution in [2.45, 2.75) is 4.90 Å². The molecule has 98 valence electrons. The molecule has 0 bridgehead atoms. The van der Waals surface area contributed by atoms with Crippen molar-refractivity contribution >= 4 is 17.8 Å². The Hall–Kier alpha value is -1.24. The lowest BCUT2D eigenvalue weighted by Gasteiger charge is -2.31. The number of benzene rings is 1. The number of phenolic OH excluding ortho intramolecular Hbond substituents is 1. The van der Waals surface area contributed by atoms with Crippen LogP contribution in [-0.4, -0.2) is 53.4 Å². The topological polar surface area (TPSA) is 76.6 Å². The van der Waals surface area contributed by atoms with E-state index in [9.17, 15) is 5.11 Å². The largest absolute Gasteiger partial charge is 0.507 e. The van der Waals surface area contributed by atoms with Gasteiger partial charge in [0.1, 0.15) is 11.6 Å². The number of likely N-dealkylation sites (N-methyl/N-ethyl adjacent to an activating group) is 1. The van der Waals surface area contributed by atoms with Crippen LogP contribution in [0.1, 0.15) is 5.56 Å². The van der Waals surface area contributed by atoms with Gasteiger partial charge in [0.05, 0.1) is 5.56 Å². The van der Waals surface area contributed by atoms with Crippen LogP contribution in [0.15, 0.2) is 23.1 Å². The maximum absolute atomic E-state index is 9.60. The van der Waals surface area contributed by atoms with Gasteiger partial charge in [0.2, 0.25) is 0 Å². The minimum atomic E-state index is -0.103. The first kappa shape index (κ1) is 13.2. The molecule has 5 nitrogen and oxygen atoms in total. The van der Waals surface area contributed by atoms with Gasteiger partial charge in [-0.05, 0) is 37.2 Å². The SMILES string of the molecule is CN1CCN(Sc2ccc(O)c(C(=N)N)c2)CC1. The van der Waals surface area contributed by atoms with Gasteiger partial charge in [0, 0.05) is 31.1 Å². The van der Waals surface area contributed by atoms with Gasteiger partial charge in [0.15, 0.2) is 0 Å². The number of amidine groups is 1. The molecule has 0 aromatic heterocycles. The van der Waals surface area contributed by atoms with Gasteiger partial charge in [-0.15, -0.1) is 0 Å². The number of hydrogen-bond acceptors (Lipinski definition) is 5. The van der Waals surface area contributed by atoms with Crippen molar-refractivity contribution in [1.29, 1.82) is 5.41 Å². The Morgan fingerprint density at radius 2 is 2.00 bits per heavy atom. The van der Waals surface area contributed by atoms with E-state index in [-0.39, 0.29) is 11.6 Å².